The molecule has 21 heavy (non-hydrogen) atoms. The van der Waals surface area contributed by atoms with Gasteiger partial charge in [0, 0.05) is 18.6 Å². The normalized spacial score (nSPS) is 19.0. The highest BCUT2D eigenvalue weighted by molar-refractivity contribution is 5.68. The molecule has 0 aromatic heterocycles. The lowest BCUT2D eigenvalue weighted by Gasteiger charge is -2.42. The second-order valence-electron chi connectivity index (χ2n) is 5.69. The molecule has 5 heteroatoms. The number of carboxylic acids is 1. The molecular weight excluding hydrogens is 270 g/mol. The maximum Gasteiger partial charge on any atom is 0.305 e. The number of rotatable bonds is 6. The topological polar surface area (TPSA) is 59.0 Å². The van der Waals surface area contributed by atoms with Crippen LogP contribution in [0.4, 0.5) is 0 Å². The van der Waals surface area contributed by atoms with Crippen molar-refractivity contribution in [2.24, 2.45) is 0 Å². The molecule has 0 aliphatic carbocycles. The Morgan fingerprint density at radius 3 is 2.48 bits per heavy atom. The summed E-state index contributed by atoms with van der Waals surface area (Å²) >= 11 is 0. The highest BCUT2D eigenvalue weighted by Gasteiger charge is 2.35. The lowest BCUT2D eigenvalue weighted by molar-refractivity contribution is -0.141. The summed E-state index contributed by atoms with van der Waals surface area (Å²) in [6.45, 7) is 4.91. The molecule has 1 atom stereocenters. The summed E-state index contributed by atoms with van der Waals surface area (Å²) < 4.78 is 10.5. The van der Waals surface area contributed by atoms with Crippen LogP contribution < -0.4 is 4.74 Å². The number of nitrogens with zero attached hydrogens (tertiary/aromatic N) is 1. The van der Waals surface area contributed by atoms with E-state index in [1.165, 1.54) is 0 Å². The highest BCUT2D eigenvalue weighted by Crippen LogP contribution is 2.26. The monoisotopic (exact) mass is 293 g/mol. The van der Waals surface area contributed by atoms with Gasteiger partial charge in [-0.1, -0.05) is 12.1 Å². The van der Waals surface area contributed by atoms with E-state index in [0.717, 1.165) is 24.4 Å². The number of hydrogen-bond acceptors (Lipinski definition) is 4. The number of carbonyl (C=O) groups is 1. The van der Waals surface area contributed by atoms with Gasteiger partial charge in [0.2, 0.25) is 0 Å². The van der Waals surface area contributed by atoms with Crippen LogP contribution in [-0.2, 0) is 16.0 Å². The fraction of sp³-hybridized carbons (Fsp3) is 0.562. The van der Waals surface area contributed by atoms with E-state index in [9.17, 15) is 9.90 Å². The number of benzene rings is 1. The van der Waals surface area contributed by atoms with Crippen LogP contribution in [0.15, 0.2) is 24.3 Å². The second kappa shape index (κ2) is 6.91. The van der Waals surface area contributed by atoms with Gasteiger partial charge in [-0.3, -0.25) is 9.69 Å². The van der Waals surface area contributed by atoms with E-state index in [-0.39, 0.29) is 6.42 Å². The largest absolute Gasteiger partial charge is 0.497 e. The molecule has 1 heterocycles. The van der Waals surface area contributed by atoms with Gasteiger partial charge in [0.05, 0.1) is 26.7 Å². The molecule has 1 saturated heterocycles. The molecule has 116 valence electrons. The molecule has 0 spiro atoms. The molecular formula is C16H23NO4. The van der Waals surface area contributed by atoms with Gasteiger partial charge in [0.25, 0.3) is 0 Å². The van der Waals surface area contributed by atoms with Gasteiger partial charge >= 0.3 is 5.97 Å². The highest BCUT2D eigenvalue weighted by atomic mass is 16.5. The summed E-state index contributed by atoms with van der Waals surface area (Å²) in [5.41, 5.74) is 0.718. The molecule has 1 aromatic rings. The first kappa shape index (κ1) is 15.8. The maximum atomic E-state index is 11.3. The fourth-order valence-electron chi connectivity index (χ4n) is 2.90. The van der Waals surface area contributed by atoms with Crippen molar-refractivity contribution < 1.29 is 19.4 Å². The predicted octanol–water partition coefficient (Wildman–Crippen LogP) is 1.80. The minimum Gasteiger partial charge on any atom is -0.497 e. The Hall–Kier alpha value is -1.59. The Labute approximate surface area is 125 Å². The van der Waals surface area contributed by atoms with Crippen LogP contribution in [0.1, 0.15) is 18.9 Å². The summed E-state index contributed by atoms with van der Waals surface area (Å²) in [6.07, 6.45) is 0.822. The number of ether oxygens (including phenoxy) is 2. The zero-order chi connectivity index (χ0) is 15.3. The first-order valence-electron chi connectivity index (χ1n) is 7.21. The van der Waals surface area contributed by atoms with Crippen molar-refractivity contribution >= 4 is 5.97 Å². The zero-order valence-electron chi connectivity index (χ0n) is 12.7. The van der Waals surface area contributed by atoms with Crippen LogP contribution in [0.3, 0.4) is 0 Å². The van der Waals surface area contributed by atoms with E-state index in [1.54, 1.807) is 7.11 Å². The predicted molar refractivity (Wildman–Crippen MR) is 79.7 cm³/mol. The Kier molecular flexibility index (Phi) is 5.20. The molecule has 0 amide bonds. The van der Waals surface area contributed by atoms with Gasteiger partial charge in [-0.15, -0.1) is 0 Å². The third-order valence-electron chi connectivity index (χ3n) is 4.05. The van der Waals surface area contributed by atoms with Crippen molar-refractivity contribution in [3.8, 4) is 5.75 Å². The van der Waals surface area contributed by atoms with Crippen molar-refractivity contribution in [2.75, 3.05) is 33.4 Å². The molecule has 5 nitrogen and oxygen atoms in total. The van der Waals surface area contributed by atoms with Gasteiger partial charge in [-0.25, -0.2) is 0 Å². The number of aliphatic carboxylic acids is 1. The fourth-order valence-corrected chi connectivity index (χ4v) is 2.90. The summed E-state index contributed by atoms with van der Waals surface area (Å²) in [7, 11) is 1.64. The molecule has 0 radical (unpaired) electrons. The van der Waals surface area contributed by atoms with E-state index in [0.29, 0.717) is 19.6 Å². The maximum absolute atomic E-state index is 11.3. The first-order valence-corrected chi connectivity index (χ1v) is 7.21. The number of morpholine rings is 1. The number of hydrogen-bond donors (Lipinski definition) is 1. The van der Waals surface area contributed by atoms with Gasteiger partial charge < -0.3 is 14.6 Å². The zero-order valence-corrected chi connectivity index (χ0v) is 12.7. The van der Waals surface area contributed by atoms with Crippen molar-refractivity contribution in [3.05, 3.63) is 29.8 Å². The number of carboxylic acid groups (broad SMARTS) is 1. The van der Waals surface area contributed by atoms with Crippen LogP contribution in [0.5, 0.6) is 5.75 Å². The van der Waals surface area contributed by atoms with E-state index in [1.807, 2.05) is 31.2 Å². The minimum absolute atomic E-state index is 0.124. The first-order chi connectivity index (χ1) is 10.0. The molecule has 1 unspecified atom stereocenters. The van der Waals surface area contributed by atoms with Gasteiger partial charge in [-0.2, -0.15) is 0 Å². The third-order valence-corrected chi connectivity index (χ3v) is 4.05. The Balaban J connectivity index is 2.15. The van der Waals surface area contributed by atoms with Crippen LogP contribution in [-0.4, -0.2) is 54.9 Å². The molecule has 0 bridgehead atoms. The quantitative estimate of drug-likeness (QED) is 0.866. The average molecular weight is 293 g/mol. The second-order valence-corrected chi connectivity index (χ2v) is 5.69. The summed E-state index contributed by atoms with van der Waals surface area (Å²) in [6, 6.07) is 7.82. The van der Waals surface area contributed by atoms with Crippen molar-refractivity contribution in [1.29, 1.82) is 0 Å². The summed E-state index contributed by atoms with van der Waals surface area (Å²) in [5, 5.41) is 9.26. The third kappa shape index (κ3) is 4.19. The molecule has 1 N–H and O–H groups in total. The van der Waals surface area contributed by atoms with Gasteiger partial charge in [0.1, 0.15) is 5.75 Å². The van der Waals surface area contributed by atoms with Gasteiger partial charge in [-0.05, 0) is 31.0 Å². The molecule has 1 aromatic carbocycles. The van der Waals surface area contributed by atoms with E-state index in [4.69, 9.17) is 9.47 Å². The van der Waals surface area contributed by atoms with E-state index >= 15 is 0 Å². The summed E-state index contributed by atoms with van der Waals surface area (Å²) in [4.78, 5) is 13.5. The molecule has 0 saturated carbocycles. The standard InChI is InChI=1S/C16H23NO4/c1-16(12-15(18)19,17-7-9-21-10-8-17)11-13-3-5-14(20-2)6-4-13/h3-6H,7-12H2,1-2H3,(H,18,19). The smallest absolute Gasteiger partial charge is 0.305 e. The van der Waals surface area contributed by atoms with Crippen LogP contribution >= 0.6 is 0 Å². The van der Waals surface area contributed by atoms with Gasteiger partial charge in [0.15, 0.2) is 0 Å². The van der Waals surface area contributed by atoms with Crippen LogP contribution in [0.25, 0.3) is 0 Å². The van der Waals surface area contributed by atoms with Crippen molar-refractivity contribution in [3.63, 3.8) is 0 Å². The van der Waals surface area contributed by atoms with Crippen LogP contribution in [0.2, 0.25) is 0 Å². The van der Waals surface area contributed by atoms with E-state index in [2.05, 4.69) is 4.90 Å². The Bertz CT molecular complexity index is 468. The minimum atomic E-state index is -0.766. The SMILES string of the molecule is COc1ccc(CC(C)(CC(=O)O)N2CCOCC2)cc1. The van der Waals surface area contributed by atoms with E-state index < -0.39 is 11.5 Å². The Morgan fingerprint density at radius 2 is 1.95 bits per heavy atom. The molecule has 1 aliphatic rings. The lowest BCUT2D eigenvalue weighted by atomic mass is 9.87. The Morgan fingerprint density at radius 1 is 1.33 bits per heavy atom. The summed E-state index contributed by atoms with van der Waals surface area (Å²) in [5.74, 6) is 0.0440. The molecule has 2 rings (SSSR count). The lowest BCUT2D eigenvalue weighted by Crippen LogP contribution is -2.54. The van der Waals surface area contributed by atoms with Crippen molar-refractivity contribution in [1.82, 2.24) is 4.90 Å². The molecule has 1 aliphatic heterocycles. The molecule has 1 fully saturated rings. The average Bonchev–Trinajstić information content (AvgIpc) is 2.48. The number of methoxy groups -OCH3 is 1. The van der Waals surface area contributed by atoms with Crippen LogP contribution in [0, 0.1) is 0 Å². The van der Waals surface area contributed by atoms with Crippen molar-refractivity contribution in [2.45, 2.75) is 25.3 Å².